The Morgan fingerprint density at radius 3 is 2.05 bits per heavy atom. The molecule has 0 bridgehead atoms. The summed E-state index contributed by atoms with van der Waals surface area (Å²) in [6.07, 6.45) is 7.83. The van der Waals surface area contributed by atoms with Crippen LogP contribution in [-0.2, 0) is 0 Å². The maximum atomic E-state index is 3.51. The third-order valence-corrected chi connectivity index (χ3v) is 7.52. The Balaban J connectivity index is 1.23. The molecule has 38 heavy (non-hydrogen) atoms. The zero-order chi connectivity index (χ0) is 25.3. The standard InChI is InChI=1S/C36H28N2/c1-3-9-26(10-4-1)27-17-22-32(23-18-27)38-35-14-8-7-13-33(35)34-25-29(19-24-36(34)38)28-15-20-31(21-16-28)37-30-11-5-2-6-12-30/h1-15,17-25,28,37H,16H2. The Morgan fingerprint density at radius 2 is 1.29 bits per heavy atom. The lowest BCUT2D eigenvalue weighted by atomic mass is 9.90. The Kier molecular flexibility index (Phi) is 5.64. The highest BCUT2D eigenvalue weighted by Crippen LogP contribution is 2.36. The van der Waals surface area contributed by atoms with E-state index in [2.05, 4.69) is 149 Å². The Hall–Kier alpha value is -4.82. The molecule has 0 amide bonds. The molecule has 5 aromatic carbocycles. The fraction of sp³-hybridized carbons (Fsp3) is 0.0556. The van der Waals surface area contributed by atoms with Gasteiger partial charge in [-0.2, -0.15) is 0 Å². The van der Waals surface area contributed by atoms with Crippen LogP contribution in [0.15, 0.2) is 151 Å². The zero-order valence-corrected chi connectivity index (χ0v) is 21.1. The van der Waals surface area contributed by atoms with Crippen molar-refractivity contribution in [2.24, 2.45) is 0 Å². The van der Waals surface area contributed by atoms with Crippen LogP contribution in [0.25, 0.3) is 38.6 Å². The van der Waals surface area contributed by atoms with Gasteiger partial charge < -0.3 is 9.88 Å². The molecule has 0 aliphatic heterocycles. The number of nitrogens with zero attached hydrogens (tertiary/aromatic N) is 1. The predicted octanol–water partition coefficient (Wildman–Crippen LogP) is 9.49. The van der Waals surface area contributed by atoms with E-state index in [0.29, 0.717) is 5.92 Å². The maximum absolute atomic E-state index is 3.51. The number of aromatic nitrogens is 1. The minimum absolute atomic E-state index is 0.369. The number of benzene rings is 5. The monoisotopic (exact) mass is 488 g/mol. The average molecular weight is 489 g/mol. The number of hydrogen-bond donors (Lipinski definition) is 1. The van der Waals surface area contributed by atoms with Crippen LogP contribution in [0.1, 0.15) is 17.9 Å². The maximum Gasteiger partial charge on any atom is 0.0541 e. The second-order valence-electron chi connectivity index (χ2n) is 9.89. The van der Waals surface area contributed by atoms with Crippen molar-refractivity contribution in [2.75, 3.05) is 5.32 Å². The summed E-state index contributed by atoms with van der Waals surface area (Å²) in [4.78, 5) is 0. The normalized spacial score (nSPS) is 15.1. The minimum atomic E-state index is 0.369. The molecular formula is C36H28N2. The van der Waals surface area contributed by atoms with Gasteiger partial charge >= 0.3 is 0 Å². The van der Waals surface area contributed by atoms with Crippen LogP contribution in [-0.4, -0.2) is 4.57 Å². The van der Waals surface area contributed by atoms with E-state index in [1.54, 1.807) is 0 Å². The first-order valence-electron chi connectivity index (χ1n) is 13.2. The smallest absolute Gasteiger partial charge is 0.0541 e. The summed E-state index contributed by atoms with van der Waals surface area (Å²) >= 11 is 0. The summed E-state index contributed by atoms with van der Waals surface area (Å²) in [5, 5.41) is 6.11. The molecule has 1 aliphatic rings. The van der Waals surface area contributed by atoms with Gasteiger partial charge in [0, 0.05) is 33.8 Å². The zero-order valence-electron chi connectivity index (χ0n) is 21.1. The van der Waals surface area contributed by atoms with Crippen molar-refractivity contribution in [2.45, 2.75) is 12.3 Å². The number of anilines is 1. The van der Waals surface area contributed by atoms with Crippen LogP contribution < -0.4 is 5.32 Å². The molecule has 1 atom stereocenters. The van der Waals surface area contributed by atoms with Gasteiger partial charge in [0.15, 0.2) is 0 Å². The largest absolute Gasteiger partial charge is 0.356 e. The Bertz CT molecular complexity index is 1790. The van der Waals surface area contributed by atoms with Gasteiger partial charge in [0.1, 0.15) is 0 Å². The predicted molar refractivity (Wildman–Crippen MR) is 161 cm³/mol. The van der Waals surface area contributed by atoms with Crippen molar-refractivity contribution in [3.63, 3.8) is 0 Å². The van der Waals surface area contributed by atoms with Crippen molar-refractivity contribution in [3.05, 3.63) is 157 Å². The highest BCUT2D eigenvalue weighted by molar-refractivity contribution is 6.09. The van der Waals surface area contributed by atoms with Crippen LogP contribution in [0.5, 0.6) is 0 Å². The van der Waals surface area contributed by atoms with Gasteiger partial charge in [0.05, 0.1) is 11.0 Å². The average Bonchev–Trinajstić information content (AvgIpc) is 3.32. The molecule has 1 heterocycles. The van der Waals surface area contributed by atoms with Gasteiger partial charge in [-0.3, -0.25) is 0 Å². The Morgan fingerprint density at radius 1 is 0.605 bits per heavy atom. The van der Waals surface area contributed by atoms with Crippen molar-refractivity contribution in [1.29, 1.82) is 0 Å². The van der Waals surface area contributed by atoms with E-state index in [-0.39, 0.29) is 0 Å². The molecule has 0 spiro atoms. The van der Waals surface area contributed by atoms with E-state index >= 15 is 0 Å². The van der Waals surface area contributed by atoms with Crippen LogP contribution in [0.4, 0.5) is 5.69 Å². The first-order valence-corrected chi connectivity index (χ1v) is 13.2. The third kappa shape index (κ3) is 4.10. The summed E-state index contributed by atoms with van der Waals surface area (Å²) in [6, 6.07) is 45.6. The second-order valence-corrected chi connectivity index (χ2v) is 9.89. The first kappa shape index (κ1) is 22.4. The lowest BCUT2D eigenvalue weighted by Crippen LogP contribution is -2.04. The van der Waals surface area contributed by atoms with E-state index in [9.17, 15) is 0 Å². The fourth-order valence-electron chi connectivity index (χ4n) is 5.58. The molecule has 7 rings (SSSR count). The van der Waals surface area contributed by atoms with Gasteiger partial charge in [-0.1, -0.05) is 97.1 Å². The van der Waals surface area contributed by atoms with Crippen molar-refractivity contribution in [3.8, 4) is 16.8 Å². The summed E-state index contributed by atoms with van der Waals surface area (Å²) in [5.74, 6) is 0.369. The van der Waals surface area contributed by atoms with Crippen molar-refractivity contribution < 1.29 is 0 Å². The summed E-state index contributed by atoms with van der Waals surface area (Å²) in [7, 11) is 0. The topological polar surface area (TPSA) is 17.0 Å². The number of para-hydroxylation sites is 2. The highest BCUT2D eigenvalue weighted by Gasteiger charge is 2.16. The molecule has 0 radical (unpaired) electrons. The van der Waals surface area contributed by atoms with Crippen LogP contribution in [0.2, 0.25) is 0 Å². The highest BCUT2D eigenvalue weighted by atomic mass is 15.0. The molecule has 0 saturated carbocycles. The lowest BCUT2D eigenvalue weighted by Gasteiger charge is -2.18. The molecular weight excluding hydrogens is 460 g/mol. The molecule has 1 aliphatic carbocycles. The molecule has 2 nitrogen and oxygen atoms in total. The second kappa shape index (κ2) is 9.57. The summed E-state index contributed by atoms with van der Waals surface area (Å²) < 4.78 is 2.39. The van der Waals surface area contributed by atoms with Crippen LogP contribution >= 0.6 is 0 Å². The van der Waals surface area contributed by atoms with E-state index in [1.807, 2.05) is 6.07 Å². The number of fused-ring (bicyclic) bond motifs is 3. The molecule has 1 aromatic heterocycles. The number of nitrogens with one attached hydrogen (secondary N) is 1. The van der Waals surface area contributed by atoms with Gasteiger partial charge in [-0.25, -0.2) is 0 Å². The summed E-state index contributed by atoms with van der Waals surface area (Å²) in [5.41, 5.74) is 9.76. The quantitative estimate of drug-likeness (QED) is 0.256. The third-order valence-electron chi connectivity index (χ3n) is 7.52. The van der Waals surface area contributed by atoms with Crippen molar-refractivity contribution >= 4 is 27.5 Å². The SMILES string of the molecule is C1=CC(c2ccc3c(c2)c2ccccc2n3-c2ccc(-c3ccccc3)cc2)CC=C1Nc1ccccc1. The molecule has 1 N–H and O–H groups in total. The number of hydrogen-bond acceptors (Lipinski definition) is 1. The molecule has 182 valence electrons. The van der Waals surface area contributed by atoms with Gasteiger partial charge in [-0.15, -0.1) is 0 Å². The van der Waals surface area contributed by atoms with Gasteiger partial charge in [0.25, 0.3) is 0 Å². The van der Waals surface area contributed by atoms with E-state index in [1.165, 1.54) is 44.2 Å². The van der Waals surface area contributed by atoms with E-state index in [4.69, 9.17) is 0 Å². The van der Waals surface area contributed by atoms with Crippen LogP contribution in [0, 0.1) is 0 Å². The molecule has 1 unspecified atom stereocenters. The molecule has 2 heteroatoms. The Labute approximate surface area is 223 Å². The van der Waals surface area contributed by atoms with Gasteiger partial charge in [-0.05, 0) is 71.7 Å². The summed E-state index contributed by atoms with van der Waals surface area (Å²) in [6.45, 7) is 0. The van der Waals surface area contributed by atoms with Crippen LogP contribution in [0.3, 0.4) is 0 Å². The molecule has 0 fully saturated rings. The van der Waals surface area contributed by atoms with E-state index < -0.39 is 0 Å². The first-order chi connectivity index (χ1) is 18.8. The molecule has 0 saturated heterocycles. The lowest BCUT2D eigenvalue weighted by molar-refractivity contribution is 0.847. The van der Waals surface area contributed by atoms with Crippen molar-refractivity contribution in [1.82, 2.24) is 4.57 Å². The minimum Gasteiger partial charge on any atom is -0.356 e. The number of rotatable bonds is 5. The molecule has 6 aromatic rings. The van der Waals surface area contributed by atoms with E-state index in [0.717, 1.165) is 17.8 Å². The number of allylic oxidation sites excluding steroid dienone is 3. The van der Waals surface area contributed by atoms with Gasteiger partial charge in [0.2, 0.25) is 0 Å². The fourth-order valence-corrected chi connectivity index (χ4v) is 5.58.